The van der Waals surface area contributed by atoms with E-state index in [1.54, 1.807) is 14.1 Å². The van der Waals surface area contributed by atoms with Crippen LogP contribution in [0.2, 0.25) is 5.02 Å². The Labute approximate surface area is 128 Å². The molecule has 1 aromatic rings. The van der Waals surface area contributed by atoms with Crippen LogP contribution >= 0.6 is 11.6 Å². The van der Waals surface area contributed by atoms with Gasteiger partial charge in [-0.05, 0) is 24.6 Å². The van der Waals surface area contributed by atoms with Crippen molar-refractivity contribution in [1.29, 1.82) is 0 Å². The Balaban J connectivity index is 2.90. The lowest BCUT2D eigenvalue weighted by atomic mass is 10.2. The number of benzene rings is 1. The predicted molar refractivity (Wildman–Crippen MR) is 78.4 cm³/mol. The average molecular weight is 334 g/mol. The van der Waals surface area contributed by atoms with E-state index in [0.29, 0.717) is 0 Å². The Morgan fingerprint density at radius 3 is 2.43 bits per heavy atom. The van der Waals surface area contributed by atoms with Crippen LogP contribution in [0.3, 0.4) is 0 Å². The molecule has 1 N–H and O–H groups in total. The van der Waals surface area contributed by atoms with Gasteiger partial charge < -0.3 is 10.0 Å². The Morgan fingerprint density at radius 2 is 1.90 bits per heavy atom. The van der Waals surface area contributed by atoms with Crippen molar-refractivity contribution >= 4 is 33.3 Å². The first-order chi connectivity index (χ1) is 9.65. The van der Waals surface area contributed by atoms with E-state index in [1.165, 1.54) is 17.0 Å². The highest BCUT2D eigenvalue weighted by Gasteiger charge is 2.20. The minimum Gasteiger partial charge on any atom is -0.478 e. The molecule has 1 rings (SSSR count). The first-order valence-corrected chi connectivity index (χ1v) is 8.14. The summed E-state index contributed by atoms with van der Waals surface area (Å²) in [5.74, 6) is -1.67. The van der Waals surface area contributed by atoms with Crippen LogP contribution in [-0.4, -0.2) is 50.1 Å². The molecule has 0 aliphatic heterocycles. The van der Waals surface area contributed by atoms with Gasteiger partial charge in [0.15, 0.2) is 9.84 Å². The van der Waals surface area contributed by atoms with Gasteiger partial charge in [-0.2, -0.15) is 0 Å². The molecule has 0 aromatic heterocycles. The number of rotatable bonds is 6. The quantitative estimate of drug-likeness (QED) is 0.855. The van der Waals surface area contributed by atoms with Crippen LogP contribution in [0, 0.1) is 0 Å². The number of halogens is 1. The first-order valence-electron chi connectivity index (χ1n) is 6.11. The van der Waals surface area contributed by atoms with Gasteiger partial charge in [-0.15, -0.1) is 0 Å². The van der Waals surface area contributed by atoms with Crippen molar-refractivity contribution in [2.75, 3.05) is 19.8 Å². The van der Waals surface area contributed by atoms with E-state index in [2.05, 4.69) is 0 Å². The molecule has 0 unspecified atom stereocenters. The number of nitrogens with zero attached hydrogens (tertiary/aromatic N) is 1. The van der Waals surface area contributed by atoms with E-state index in [9.17, 15) is 18.0 Å². The molecule has 0 aliphatic rings. The largest absolute Gasteiger partial charge is 0.478 e. The molecule has 21 heavy (non-hydrogen) atoms. The van der Waals surface area contributed by atoms with Crippen LogP contribution in [0.5, 0.6) is 0 Å². The number of hydrogen-bond acceptors (Lipinski definition) is 4. The van der Waals surface area contributed by atoms with Crippen LogP contribution in [0.4, 0.5) is 0 Å². The monoisotopic (exact) mass is 333 g/mol. The van der Waals surface area contributed by atoms with Gasteiger partial charge in [0.05, 0.1) is 21.2 Å². The van der Waals surface area contributed by atoms with Crippen molar-refractivity contribution in [3.8, 4) is 0 Å². The zero-order chi connectivity index (χ0) is 16.2. The summed E-state index contributed by atoms with van der Waals surface area (Å²) in [6.45, 7) is 0. The van der Waals surface area contributed by atoms with Crippen LogP contribution in [0.1, 0.15) is 23.2 Å². The van der Waals surface area contributed by atoms with Gasteiger partial charge in [-0.25, -0.2) is 13.2 Å². The van der Waals surface area contributed by atoms with Gasteiger partial charge in [0.2, 0.25) is 5.91 Å². The molecule has 0 spiro atoms. The lowest BCUT2D eigenvalue weighted by Gasteiger charge is -2.10. The smallest absolute Gasteiger partial charge is 0.335 e. The van der Waals surface area contributed by atoms with Crippen molar-refractivity contribution in [2.45, 2.75) is 17.7 Å². The zero-order valence-corrected chi connectivity index (χ0v) is 13.2. The van der Waals surface area contributed by atoms with Gasteiger partial charge in [0, 0.05) is 20.5 Å². The molecule has 116 valence electrons. The zero-order valence-electron chi connectivity index (χ0n) is 11.7. The lowest BCUT2D eigenvalue weighted by molar-refractivity contribution is -0.128. The summed E-state index contributed by atoms with van der Waals surface area (Å²) in [5, 5.41) is 8.86. The number of carbonyl (C=O) groups is 2. The van der Waals surface area contributed by atoms with E-state index in [1.807, 2.05) is 0 Å². The number of sulfone groups is 1. The summed E-state index contributed by atoms with van der Waals surface area (Å²) >= 11 is 5.83. The highest BCUT2D eigenvalue weighted by atomic mass is 35.5. The Hall–Kier alpha value is -1.60. The normalized spacial score (nSPS) is 11.2. The van der Waals surface area contributed by atoms with Crippen molar-refractivity contribution in [3.63, 3.8) is 0 Å². The van der Waals surface area contributed by atoms with E-state index in [-0.39, 0.29) is 40.0 Å². The fraction of sp³-hybridized carbons (Fsp3) is 0.385. The highest BCUT2D eigenvalue weighted by molar-refractivity contribution is 7.91. The van der Waals surface area contributed by atoms with E-state index in [0.717, 1.165) is 6.07 Å². The molecule has 0 fully saturated rings. The number of carboxylic acid groups (broad SMARTS) is 1. The number of aromatic carboxylic acids is 1. The fourth-order valence-electron chi connectivity index (χ4n) is 1.62. The molecule has 0 bridgehead atoms. The second-order valence-electron chi connectivity index (χ2n) is 4.66. The molecule has 0 radical (unpaired) electrons. The maximum Gasteiger partial charge on any atom is 0.335 e. The Morgan fingerprint density at radius 1 is 1.29 bits per heavy atom. The molecule has 6 nitrogen and oxygen atoms in total. The van der Waals surface area contributed by atoms with Gasteiger partial charge in [-0.3, -0.25) is 4.79 Å². The molecular formula is C13H16ClNO5S. The summed E-state index contributed by atoms with van der Waals surface area (Å²) < 4.78 is 24.4. The summed E-state index contributed by atoms with van der Waals surface area (Å²) in [6.07, 6.45) is 0.245. The third kappa shape index (κ3) is 4.71. The average Bonchev–Trinajstić information content (AvgIpc) is 2.38. The SMILES string of the molecule is CN(C)C(=O)CCCS(=O)(=O)c1cc(C(=O)O)ccc1Cl. The molecular weight excluding hydrogens is 318 g/mol. The summed E-state index contributed by atoms with van der Waals surface area (Å²) in [4.78, 5) is 23.4. The second kappa shape index (κ2) is 6.91. The van der Waals surface area contributed by atoms with Gasteiger partial charge in [0.25, 0.3) is 0 Å². The Bertz CT molecular complexity index is 655. The van der Waals surface area contributed by atoms with Crippen LogP contribution in [0.15, 0.2) is 23.1 Å². The number of carbonyl (C=O) groups excluding carboxylic acids is 1. The summed E-state index contributed by atoms with van der Waals surface area (Å²) in [7, 11) is -0.560. The van der Waals surface area contributed by atoms with Crippen LogP contribution in [-0.2, 0) is 14.6 Å². The Kier molecular flexibility index (Phi) is 5.74. The fourth-order valence-corrected chi connectivity index (χ4v) is 3.51. The molecule has 0 aliphatic carbocycles. The molecule has 8 heteroatoms. The maximum absolute atomic E-state index is 12.2. The summed E-state index contributed by atoms with van der Waals surface area (Å²) in [6, 6.07) is 3.51. The van der Waals surface area contributed by atoms with Crippen molar-refractivity contribution in [3.05, 3.63) is 28.8 Å². The number of carboxylic acids is 1. The van der Waals surface area contributed by atoms with Crippen molar-refractivity contribution in [1.82, 2.24) is 4.90 Å². The predicted octanol–water partition coefficient (Wildman–Crippen LogP) is 1.68. The van der Waals surface area contributed by atoms with E-state index < -0.39 is 15.8 Å². The molecule has 0 saturated carbocycles. The minimum atomic E-state index is -3.73. The minimum absolute atomic E-state index is 0.0288. The molecule has 1 aromatic carbocycles. The van der Waals surface area contributed by atoms with E-state index in [4.69, 9.17) is 16.7 Å². The molecule has 1 amide bonds. The standard InChI is InChI=1S/C13H16ClNO5S/c1-15(2)12(16)4-3-7-21(19,20)11-8-9(13(17)18)5-6-10(11)14/h5-6,8H,3-4,7H2,1-2H3,(H,17,18). The van der Waals surface area contributed by atoms with Crippen molar-refractivity contribution < 1.29 is 23.1 Å². The van der Waals surface area contributed by atoms with Gasteiger partial charge in [-0.1, -0.05) is 11.6 Å². The molecule has 0 atom stereocenters. The summed E-state index contributed by atoms with van der Waals surface area (Å²) in [5.41, 5.74) is -0.151. The number of hydrogen-bond donors (Lipinski definition) is 1. The number of amides is 1. The van der Waals surface area contributed by atoms with Gasteiger partial charge in [0.1, 0.15) is 0 Å². The van der Waals surface area contributed by atoms with Crippen LogP contribution < -0.4 is 0 Å². The van der Waals surface area contributed by atoms with E-state index >= 15 is 0 Å². The highest BCUT2D eigenvalue weighted by Crippen LogP contribution is 2.24. The lowest BCUT2D eigenvalue weighted by Crippen LogP contribution is -2.22. The third-order valence-electron chi connectivity index (χ3n) is 2.82. The van der Waals surface area contributed by atoms with Gasteiger partial charge >= 0.3 is 5.97 Å². The second-order valence-corrected chi connectivity index (χ2v) is 7.15. The van der Waals surface area contributed by atoms with Crippen molar-refractivity contribution in [2.24, 2.45) is 0 Å². The third-order valence-corrected chi connectivity index (χ3v) is 5.09. The van der Waals surface area contributed by atoms with Crippen LogP contribution in [0.25, 0.3) is 0 Å². The first kappa shape index (κ1) is 17.5. The molecule has 0 heterocycles. The topological polar surface area (TPSA) is 91.8 Å². The maximum atomic E-state index is 12.2. The molecule has 0 saturated heterocycles.